The molecule has 16 heavy (non-hydrogen) atoms. The Morgan fingerprint density at radius 1 is 1.25 bits per heavy atom. The number of nitrogens with one attached hydrogen (secondary N) is 1. The Hall–Kier alpha value is -0.120. The number of hydrogen-bond donors (Lipinski definition) is 1. The van der Waals surface area contributed by atoms with Crippen LogP contribution in [0.5, 0.6) is 0 Å². The van der Waals surface area contributed by atoms with Gasteiger partial charge in [0.05, 0.1) is 13.2 Å². The Bertz CT molecular complexity index is 183. The van der Waals surface area contributed by atoms with Crippen molar-refractivity contribution in [3.63, 3.8) is 0 Å². The van der Waals surface area contributed by atoms with Crippen molar-refractivity contribution >= 4 is 0 Å². The van der Waals surface area contributed by atoms with Crippen LogP contribution in [0.2, 0.25) is 0 Å². The SMILES string of the molecule is CCNCC(C)(CCOCCOC)C1CC1. The van der Waals surface area contributed by atoms with Crippen molar-refractivity contribution in [2.24, 2.45) is 11.3 Å². The van der Waals surface area contributed by atoms with Crippen molar-refractivity contribution < 1.29 is 9.47 Å². The minimum Gasteiger partial charge on any atom is -0.382 e. The molecule has 1 rings (SSSR count). The summed E-state index contributed by atoms with van der Waals surface area (Å²) in [5.41, 5.74) is 0.434. The minimum atomic E-state index is 0.434. The second-order valence-electron chi connectivity index (χ2n) is 5.06. The predicted molar refractivity (Wildman–Crippen MR) is 66.7 cm³/mol. The van der Waals surface area contributed by atoms with Crippen molar-refractivity contribution in [1.29, 1.82) is 0 Å². The molecule has 0 aromatic heterocycles. The van der Waals surface area contributed by atoms with E-state index in [1.807, 2.05) is 0 Å². The fourth-order valence-corrected chi connectivity index (χ4v) is 2.18. The standard InChI is InChI=1S/C13H27NO2/c1-4-14-11-13(2,12-5-6-12)7-8-16-10-9-15-3/h12,14H,4-11H2,1-3H3. The summed E-state index contributed by atoms with van der Waals surface area (Å²) < 4.78 is 10.5. The van der Waals surface area contributed by atoms with Gasteiger partial charge in [0.25, 0.3) is 0 Å². The highest BCUT2D eigenvalue weighted by Crippen LogP contribution is 2.47. The second-order valence-corrected chi connectivity index (χ2v) is 5.06. The van der Waals surface area contributed by atoms with Crippen molar-refractivity contribution in [3.05, 3.63) is 0 Å². The average Bonchev–Trinajstić information content (AvgIpc) is 3.10. The molecular weight excluding hydrogens is 202 g/mol. The smallest absolute Gasteiger partial charge is 0.0700 e. The second kappa shape index (κ2) is 7.25. The maximum atomic E-state index is 5.57. The molecule has 3 nitrogen and oxygen atoms in total. The van der Waals surface area contributed by atoms with Gasteiger partial charge >= 0.3 is 0 Å². The highest BCUT2D eigenvalue weighted by Gasteiger charge is 2.40. The van der Waals surface area contributed by atoms with Gasteiger partial charge in [-0.15, -0.1) is 0 Å². The summed E-state index contributed by atoms with van der Waals surface area (Å²) in [6, 6.07) is 0. The summed E-state index contributed by atoms with van der Waals surface area (Å²) in [6.07, 6.45) is 3.97. The Morgan fingerprint density at radius 2 is 2.00 bits per heavy atom. The van der Waals surface area contributed by atoms with Crippen LogP contribution >= 0.6 is 0 Å². The summed E-state index contributed by atoms with van der Waals surface area (Å²) in [5, 5.41) is 3.48. The van der Waals surface area contributed by atoms with Crippen molar-refractivity contribution in [2.75, 3.05) is 40.0 Å². The van der Waals surface area contributed by atoms with E-state index in [1.54, 1.807) is 7.11 Å². The van der Waals surface area contributed by atoms with Crippen LogP contribution in [0.25, 0.3) is 0 Å². The molecule has 1 unspecified atom stereocenters. The molecule has 0 aromatic rings. The highest BCUT2D eigenvalue weighted by atomic mass is 16.5. The van der Waals surface area contributed by atoms with Crippen LogP contribution in [0, 0.1) is 11.3 Å². The summed E-state index contributed by atoms with van der Waals surface area (Å²) in [6.45, 7) is 9.04. The van der Waals surface area contributed by atoms with Gasteiger partial charge < -0.3 is 14.8 Å². The normalized spacial score (nSPS) is 19.7. The molecule has 0 radical (unpaired) electrons. The van der Waals surface area contributed by atoms with Gasteiger partial charge in [-0.3, -0.25) is 0 Å². The zero-order valence-electron chi connectivity index (χ0n) is 11.1. The molecule has 1 aliphatic carbocycles. The molecule has 1 aliphatic rings. The highest BCUT2D eigenvalue weighted by molar-refractivity contribution is 4.92. The third-order valence-electron chi connectivity index (χ3n) is 3.59. The molecule has 0 saturated heterocycles. The lowest BCUT2D eigenvalue weighted by Crippen LogP contribution is -2.34. The Balaban J connectivity index is 2.17. The van der Waals surface area contributed by atoms with E-state index in [-0.39, 0.29) is 0 Å². The lowest BCUT2D eigenvalue weighted by atomic mass is 9.81. The first-order valence-electron chi connectivity index (χ1n) is 6.50. The molecule has 3 heteroatoms. The first kappa shape index (κ1) is 13.9. The molecule has 1 fully saturated rings. The van der Waals surface area contributed by atoms with Gasteiger partial charge in [0.1, 0.15) is 0 Å². The molecule has 0 heterocycles. The molecule has 1 saturated carbocycles. The van der Waals surface area contributed by atoms with Gasteiger partial charge in [-0.25, -0.2) is 0 Å². The first-order chi connectivity index (χ1) is 7.73. The van der Waals surface area contributed by atoms with Crippen molar-refractivity contribution in [2.45, 2.75) is 33.1 Å². The first-order valence-corrected chi connectivity index (χ1v) is 6.50. The van der Waals surface area contributed by atoms with Crippen LogP contribution in [0.1, 0.15) is 33.1 Å². The number of hydrogen-bond acceptors (Lipinski definition) is 3. The largest absolute Gasteiger partial charge is 0.382 e. The van der Waals surface area contributed by atoms with E-state index in [0.29, 0.717) is 12.0 Å². The molecule has 0 aliphatic heterocycles. The topological polar surface area (TPSA) is 30.5 Å². The maximum absolute atomic E-state index is 5.57. The van der Waals surface area contributed by atoms with Gasteiger partial charge in [0.15, 0.2) is 0 Å². The van der Waals surface area contributed by atoms with E-state index in [4.69, 9.17) is 9.47 Å². The van der Waals surface area contributed by atoms with Crippen LogP contribution in [0.15, 0.2) is 0 Å². The molecule has 96 valence electrons. The fraction of sp³-hybridized carbons (Fsp3) is 1.00. The summed E-state index contributed by atoms with van der Waals surface area (Å²) in [4.78, 5) is 0. The molecular formula is C13H27NO2. The summed E-state index contributed by atoms with van der Waals surface area (Å²) in [7, 11) is 1.71. The summed E-state index contributed by atoms with van der Waals surface area (Å²) >= 11 is 0. The lowest BCUT2D eigenvalue weighted by Gasteiger charge is -2.30. The molecule has 0 amide bonds. The van der Waals surface area contributed by atoms with Crippen LogP contribution in [0.3, 0.4) is 0 Å². The Morgan fingerprint density at radius 3 is 2.56 bits per heavy atom. The van der Waals surface area contributed by atoms with E-state index in [1.165, 1.54) is 12.8 Å². The maximum Gasteiger partial charge on any atom is 0.0700 e. The molecule has 0 bridgehead atoms. The third-order valence-corrected chi connectivity index (χ3v) is 3.59. The Kier molecular flexibility index (Phi) is 6.32. The number of methoxy groups -OCH3 is 1. The van der Waals surface area contributed by atoms with E-state index in [9.17, 15) is 0 Å². The fourth-order valence-electron chi connectivity index (χ4n) is 2.18. The molecule has 1 atom stereocenters. The lowest BCUT2D eigenvalue weighted by molar-refractivity contribution is 0.0496. The van der Waals surface area contributed by atoms with Gasteiger partial charge in [0.2, 0.25) is 0 Å². The van der Waals surface area contributed by atoms with Gasteiger partial charge in [0, 0.05) is 20.3 Å². The quantitative estimate of drug-likeness (QED) is 0.582. The predicted octanol–water partition coefficient (Wildman–Crippen LogP) is 2.07. The zero-order valence-corrected chi connectivity index (χ0v) is 11.1. The summed E-state index contributed by atoms with van der Waals surface area (Å²) in [5.74, 6) is 0.914. The van der Waals surface area contributed by atoms with E-state index >= 15 is 0 Å². The molecule has 0 aromatic carbocycles. The van der Waals surface area contributed by atoms with Crippen molar-refractivity contribution in [1.82, 2.24) is 5.32 Å². The van der Waals surface area contributed by atoms with E-state index in [2.05, 4.69) is 19.2 Å². The third kappa shape index (κ3) is 4.81. The molecule has 0 spiro atoms. The van der Waals surface area contributed by atoms with E-state index < -0.39 is 0 Å². The van der Waals surface area contributed by atoms with Gasteiger partial charge in [-0.1, -0.05) is 13.8 Å². The van der Waals surface area contributed by atoms with Crippen molar-refractivity contribution in [3.8, 4) is 0 Å². The zero-order chi connectivity index (χ0) is 11.9. The Labute approximate surface area is 99.9 Å². The van der Waals surface area contributed by atoms with Gasteiger partial charge in [-0.05, 0) is 37.1 Å². The minimum absolute atomic E-state index is 0.434. The van der Waals surface area contributed by atoms with Crippen LogP contribution in [-0.2, 0) is 9.47 Å². The number of ether oxygens (including phenoxy) is 2. The monoisotopic (exact) mass is 229 g/mol. The number of rotatable bonds is 10. The van der Waals surface area contributed by atoms with Gasteiger partial charge in [-0.2, -0.15) is 0 Å². The van der Waals surface area contributed by atoms with Crippen LogP contribution in [0.4, 0.5) is 0 Å². The van der Waals surface area contributed by atoms with E-state index in [0.717, 1.165) is 38.6 Å². The van der Waals surface area contributed by atoms with Crippen LogP contribution < -0.4 is 5.32 Å². The molecule has 1 N–H and O–H groups in total. The van der Waals surface area contributed by atoms with Crippen LogP contribution in [-0.4, -0.2) is 40.0 Å². The average molecular weight is 229 g/mol.